The Hall–Kier alpha value is -2.60. The molecule has 2 heterocycles. The van der Waals surface area contributed by atoms with Gasteiger partial charge in [0.2, 0.25) is 0 Å². The molecule has 5 nitrogen and oxygen atoms in total. The predicted molar refractivity (Wildman–Crippen MR) is 126 cm³/mol. The van der Waals surface area contributed by atoms with Crippen LogP contribution in [0.1, 0.15) is 56.2 Å². The summed E-state index contributed by atoms with van der Waals surface area (Å²) in [4.78, 5) is 21.6. The fraction of sp³-hybridized carbons (Fsp3) is 0.375. The number of hydrogen-bond donors (Lipinski definition) is 1. The first-order valence-electron chi connectivity index (χ1n) is 9.69. The fourth-order valence-electron chi connectivity index (χ4n) is 3.12. The van der Waals surface area contributed by atoms with Crippen LogP contribution in [0.4, 0.5) is 0 Å². The maximum atomic E-state index is 12.7. The van der Waals surface area contributed by atoms with Crippen molar-refractivity contribution < 1.29 is 9.53 Å². The Balaban J connectivity index is 0.00000320. The number of aliphatic imine (C=N–C) groups is 1. The maximum Gasteiger partial charge on any atom is 0.185 e. The molecule has 160 valence electrons. The molecule has 0 bridgehead atoms. The lowest BCUT2D eigenvalue weighted by molar-refractivity contribution is 0.0988. The minimum Gasteiger partial charge on any atom is -0.488 e. The van der Waals surface area contributed by atoms with Gasteiger partial charge in [0.1, 0.15) is 18.1 Å². The minimum absolute atomic E-state index is 0. The van der Waals surface area contributed by atoms with Gasteiger partial charge in [0, 0.05) is 12.2 Å². The van der Waals surface area contributed by atoms with Crippen LogP contribution in [0.5, 0.6) is 5.75 Å². The average molecular weight is 426 g/mol. The summed E-state index contributed by atoms with van der Waals surface area (Å²) in [6, 6.07) is 11.6. The van der Waals surface area contributed by atoms with E-state index in [-0.39, 0.29) is 18.7 Å². The van der Waals surface area contributed by atoms with E-state index in [1.165, 1.54) is 5.57 Å². The van der Waals surface area contributed by atoms with E-state index in [2.05, 4.69) is 29.0 Å². The van der Waals surface area contributed by atoms with E-state index in [0.29, 0.717) is 29.6 Å². The first kappa shape index (κ1) is 23.7. The van der Waals surface area contributed by atoms with Gasteiger partial charge >= 0.3 is 0 Å². The van der Waals surface area contributed by atoms with Gasteiger partial charge in [0.25, 0.3) is 0 Å². The van der Waals surface area contributed by atoms with Gasteiger partial charge in [0.15, 0.2) is 11.0 Å². The second-order valence-corrected chi connectivity index (χ2v) is 8.71. The van der Waals surface area contributed by atoms with E-state index in [4.69, 9.17) is 10.5 Å². The molecule has 1 aliphatic heterocycles. The summed E-state index contributed by atoms with van der Waals surface area (Å²) in [7, 11) is 0. The summed E-state index contributed by atoms with van der Waals surface area (Å²) in [6.07, 6.45) is 4.81. The largest absolute Gasteiger partial charge is 0.488 e. The SMILES string of the molecule is C.CC(C)=CCOc1ccc(C(=O)Cc2cccc([C@]3(C)CCSC(N)=N3)c2)nc1. The van der Waals surface area contributed by atoms with Crippen LogP contribution < -0.4 is 10.5 Å². The number of carbonyl (C=O) groups is 1. The number of nitrogens with zero attached hydrogens (tertiary/aromatic N) is 2. The molecule has 0 radical (unpaired) electrons. The van der Waals surface area contributed by atoms with Crippen LogP contribution >= 0.6 is 11.8 Å². The Morgan fingerprint density at radius 1 is 1.30 bits per heavy atom. The maximum absolute atomic E-state index is 12.7. The molecule has 6 heteroatoms. The Morgan fingerprint density at radius 3 is 2.77 bits per heavy atom. The monoisotopic (exact) mass is 425 g/mol. The molecule has 1 aliphatic rings. The molecule has 1 aromatic heterocycles. The van der Waals surface area contributed by atoms with E-state index >= 15 is 0 Å². The number of allylic oxidation sites excluding steroid dienone is 1. The lowest BCUT2D eigenvalue weighted by atomic mass is 9.88. The summed E-state index contributed by atoms with van der Waals surface area (Å²) < 4.78 is 5.60. The number of rotatable bonds is 7. The molecule has 0 saturated carbocycles. The highest BCUT2D eigenvalue weighted by molar-refractivity contribution is 8.13. The van der Waals surface area contributed by atoms with Crippen LogP contribution in [-0.4, -0.2) is 28.3 Å². The Morgan fingerprint density at radius 2 is 2.10 bits per heavy atom. The number of aromatic nitrogens is 1. The molecule has 0 saturated heterocycles. The van der Waals surface area contributed by atoms with Crippen molar-refractivity contribution in [2.75, 3.05) is 12.4 Å². The van der Waals surface area contributed by atoms with Crippen molar-refractivity contribution in [2.45, 2.75) is 46.6 Å². The number of ketones is 1. The van der Waals surface area contributed by atoms with Gasteiger partial charge < -0.3 is 10.5 Å². The highest BCUT2D eigenvalue weighted by atomic mass is 32.2. The van der Waals surface area contributed by atoms with Crippen molar-refractivity contribution in [2.24, 2.45) is 10.7 Å². The number of amidine groups is 1. The number of hydrogen-bond acceptors (Lipinski definition) is 6. The Kier molecular flexibility index (Phi) is 8.24. The Labute approximate surface area is 183 Å². The standard InChI is InChI=1S/C23H27N3O2S.CH4/c1-16(2)9-11-28-19-7-8-20(25-15-19)21(27)14-17-5-4-6-18(13-17)23(3)10-12-29-22(24)26-23;/h4-9,13,15H,10-12,14H2,1-3H3,(H2,24,26);1H4/t23-;/m0./s1. The first-order valence-corrected chi connectivity index (χ1v) is 10.7. The van der Waals surface area contributed by atoms with Crippen LogP contribution in [0.3, 0.4) is 0 Å². The lowest BCUT2D eigenvalue weighted by Gasteiger charge is -2.30. The zero-order valence-corrected chi connectivity index (χ0v) is 18.0. The number of nitrogens with two attached hydrogens (primary N) is 1. The highest BCUT2D eigenvalue weighted by Crippen LogP contribution is 2.35. The average Bonchev–Trinajstić information content (AvgIpc) is 2.68. The summed E-state index contributed by atoms with van der Waals surface area (Å²) in [5, 5.41) is 0.622. The highest BCUT2D eigenvalue weighted by Gasteiger charge is 2.29. The molecular formula is C24H31N3O2S. The van der Waals surface area contributed by atoms with Crippen molar-refractivity contribution in [3.63, 3.8) is 0 Å². The quantitative estimate of drug-likeness (QED) is 0.490. The third kappa shape index (κ3) is 6.20. The van der Waals surface area contributed by atoms with E-state index in [9.17, 15) is 4.79 Å². The van der Waals surface area contributed by atoms with Crippen molar-refractivity contribution >= 4 is 22.7 Å². The van der Waals surface area contributed by atoms with E-state index in [1.807, 2.05) is 32.1 Å². The molecule has 1 atom stereocenters. The molecule has 30 heavy (non-hydrogen) atoms. The van der Waals surface area contributed by atoms with Crippen LogP contribution in [0, 0.1) is 0 Å². The van der Waals surface area contributed by atoms with Crippen LogP contribution in [-0.2, 0) is 12.0 Å². The van der Waals surface area contributed by atoms with E-state index in [1.54, 1.807) is 30.1 Å². The van der Waals surface area contributed by atoms with Gasteiger partial charge in [0.05, 0.1) is 11.7 Å². The molecule has 0 unspecified atom stereocenters. The van der Waals surface area contributed by atoms with Gasteiger partial charge in [-0.1, -0.05) is 49.0 Å². The van der Waals surface area contributed by atoms with Gasteiger partial charge in [-0.05, 0) is 56.5 Å². The van der Waals surface area contributed by atoms with E-state index in [0.717, 1.165) is 23.3 Å². The lowest BCUT2D eigenvalue weighted by Crippen LogP contribution is -2.28. The summed E-state index contributed by atoms with van der Waals surface area (Å²) in [5.41, 5.74) is 9.27. The van der Waals surface area contributed by atoms with Crippen molar-refractivity contribution in [1.82, 2.24) is 4.98 Å². The van der Waals surface area contributed by atoms with Crippen molar-refractivity contribution in [1.29, 1.82) is 0 Å². The summed E-state index contributed by atoms with van der Waals surface area (Å²) in [6.45, 7) is 6.63. The molecule has 0 amide bonds. The predicted octanol–water partition coefficient (Wildman–Crippen LogP) is 5.15. The molecule has 0 spiro atoms. The van der Waals surface area contributed by atoms with Gasteiger partial charge in [-0.25, -0.2) is 4.98 Å². The fourth-order valence-corrected chi connectivity index (χ4v) is 4.10. The molecule has 0 fully saturated rings. The third-order valence-corrected chi connectivity index (χ3v) is 5.67. The van der Waals surface area contributed by atoms with Crippen LogP contribution in [0.2, 0.25) is 0 Å². The number of thioether (sulfide) groups is 1. The summed E-state index contributed by atoms with van der Waals surface area (Å²) in [5.74, 6) is 1.57. The number of benzene rings is 1. The zero-order chi connectivity index (χ0) is 20.9. The van der Waals surface area contributed by atoms with Gasteiger partial charge in [-0.2, -0.15) is 0 Å². The zero-order valence-electron chi connectivity index (χ0n) is 17.1. The molecule has 1 aromatic carbocycles. The van der Waals surface area contributed by atoms with Crippen molar-refractivity contribution in [3.05, 3.63) is 71.1 Å². The second kappa shape index (κ2) is 10.4. The number of pyridine rings is 1. The molecule has 2 N–H and O–H groups in total. The Bertz CT molecular complexity index is 934. The topological polar surface area (TPSA) is 77.6 Å². The number of ether oxygens (including phenoxy) is 1. The minimum atomic E-state index is -0.336. The number of Topliss-reactive ketones (excluding diaryl/α,β-unsaturated/α-hetero) is 1. The molecule has 3 rings (SSSR count). The third-order valence-electron chi connectivity index (χ3n) is 4.87. The smallest absolute Gasteiger partial charge is 0.185 e. The van der Waals surface area contributed by atoms with Crippen LogP contribution in [0.25, 0.3) is 0 Å². The molecule has 0 aliphatic carbocycles. The van der Waals surface area contributed by atoms with Crippen molar-refractivity contribution in [3.8, 4) is 5.75 Å². The first-order chi connectivity index (χ1) is 13.9. The number of carbonyl (C=O) groups excluding carboxylic acids is 1. The second-order valence-electron chi connectivity index (χ2n) is 7.59. The van der Waals surface area contributed by atoms with Gasteiger partial charge in [-0.15, -0.1) is 0 Å². The summed E-state index contributed by atoms with van der Waals surface area (Å²) >= 11 is 1.59. The molecule has 2 aromatic rings. The van der Waals surface area contributed by atoms with Gasteiger partial charge in [-0.3, -0.25) is 9.79 Å². The molecular weight excluding hydrogens is 394 g/mol. The van der Waals surface area contributed by atoms with E-state index < -0.39 is 0 Å². The van der Waals surface area contributed by atoms with Crippen LogP contribution in [0.15, 0.2) is 59.2 Å². The normalized spacial score (nSPS) is 18.0.